The SMILES string of the molecule is CC(C)[NH2+]C(C)C.O=C([O-])c1cc(Cl)c(Cl)cc1C(=O)O. The number of halogens is 2. The van der Waals surface area contributed by atoms with Gasteiger partial charge in [-0.15, -0.1) is 0 Å². The molecule has 0 saturated carbocycles. The Morgan fingerprint density at radius 2 is 1.43 bits per heavy atom. The van der Waals surface area contributed by atoms with Gasteiger partial charge >= 0.3 is 5.97 Å². The molecule has 0 heterocycles. The Morgan fingerprint density at radius 3 is 1.67 bits per heavy atom. The molecule has 0 spiro atoms. The highest BCUT2D eigenvalue weighted by atomic mass is 35.5. The zero-order valence-electron chi connectivity index (χ0n) is 12.3. The van der Waals surface area contributed by atoms with Gasteiger partial charge in [-0.2, -0.15) is 0 Å². The molecule has 0 bridgehead atoms. The third-order valence-electron chi connectivity index (χ3n) is 2.28. The Hall–Kier alpha value is -1.30. The minimum absolute atomic E-state index is 0.0194. The van der Waals surface area contributed by atoms with E-state index in [4.69, 9.17) is 28.3 Å². The van der Waals surface area contributed by atoms with E-state index in [2.05, 4.69) is 33.0 Å². The summed E-state index contributed by atoms with van der Waals surface area (Å²) in [6, 6.07) is 3.42. The van der Waals surface area contributed by atoms with Crippen molar-refractivity contribution in [2.45, 2.75) is 39.8 Å². The van der Waals surface area contributed by atoms with Crippen LogP contribution in [-0.2, 0) is 0 Å². The summed E-state index contributed by atoms with van der Waals surface area (Å²) in [5, 5.41) is 21.4. The number of carboxylic acids is 2. The smallest absolute Gasteiger partial charge is 0.336 e. The molecule has 1 rings (SSSR count). The highest BCUT2D eigenvalue weighted by molar-refractivity contribution is 6.42. The average Bonchev–Trinajstić information content (AvgIpc) is 2.30. The van der Waals surface area contributed by atoms with Crippen molar-refractivity contribution >= 4 is 35.1 Å². The van der Waals surface area contributed by atoms with E-state index >= 15 is 0 Å². The van der Waals surface area contributed by atoms with E-state index in [1.54, 1.807) is 0 Å². The number of quaternary nitrogens is 1. The van der Waals surface area contributed by atoms with Gasteiger partial charge in [0.1, 0.15) is 0 Å². The number of carboxylic acid groups (broad SMARTS) is 2. The van der Waals surface area contributed by atoms with Crippen LogP contribution in [0.2, 0.25) is 10.0 Å². The summed E-state index contributed by atoms with van der Waals surface area (Å²) < 4.78 is 0. The maximum absolute atomic E-state index is 10.6. The molecule has 118 valence electrons. The molecular weight excluding hydrogens is 317 g/mol. The molecule has 0 aromatic heterocycles. The largest absolute Gasteiger partial charge is 0.545 e. The van der Waals surface area contributed by atoms with Crippen LogP contribution in [0, 0.1) is 0 Å². The highest BCUT2D eigenvalue weighted by Gasteiger charge is 2.13. The summed E-state index contributed by atoms with van der Waals surface area (Å²) in [5.74, 6) is -3.01. The molecular formula is C14H19Cl2NO4. The molecule has 0 fully saturated rings. The number of nitrogens with two attached hydrogens (primary N) is 1. The fourth-order valence-corrected chi connectivity index (χ4v) is 1.99. The molecule has 1 aromatic rings. The lowest BCUT2D eigenvalue weighted by Crippen LogP contribution is -2.92. The van der Waals surface area contributed by atoms with Gasteiger partial charge in [0.05, 0.1) is 33.7 Å². The van der Waals surface area contributed by atoms with E-state index in [0.717, 1.165) is 24.2 Å². The molecule has 0 aliphatic carbocycles. The summed E-state index contributed by atoms with van der Waals surface area (Å²) in [7, 11) is 0. The average molecular weight is 336 g/mol. The third kappa shape index (κ3) is 7.32. The van der Waals surface area contributed by atoms with Crippen LogP contribution in [-0.4, -0.2) is 29.1 Å². The second-order valence-electron chi connectivity index (χ2n) is 5.08. The van der Waals surface area contributed by atoms with Crippen LogP contribution in [0.25, 0.3) is 0 Å². The second-order valence-corrected chi connectivity index (χ2v) is 5.90. The van der Waals surface area contributed by atoms with Crippen molar-refractivity contribution in [2.24, 2.45) is 0 Å². The van der Waals surface area contributed by atoms with Crippen LogP contribution in [0.15, 0.2) is 12.1 Å². The summed E-state index contributed by atoms with van der Waals surface area (Å²) in [6.45, 7) is 8.83. The zero-order chi connectivity index (χ0) is 16.7. The van der Waals surface area contributed by atoms with Gasteiger partial charge in [0.2, 0.25) is 0 Å². The minimum Gasteiger partial charge on any atom is -0.545 e. The summed E-state index contributed by atoms with van der Waals surface area (Å²) in [6.07, 6.45) is 0. The van der Waals surface area contributed by atoms with Crippen molar-refractivity contribution in [3.05, 3.63) is 33.3 Å². The first-order valence-electron chi connectivity index (χ1n) is 6.34. The van der Waals surface area contributed by atoms with Crippen molar-refractivity contribution in [1.82, 2.24) is 0 Å². The number of aromatic carboxylic acids is 2. The van der Waals surface area contributed by atoms with Gasteiger partial charge in [-0.1, -0.05) is 23.2 Å². The summed E-state index contributed by atoms with van der Waals surface area (Å²) in [5.41, 5.74) is -0.939. The second kappa shape index (κ2) is 8.87. The molecule has 3 N–H and O–H groups in total. The fourth-order valence-electron chi connectivity index (χ4n) is 1.66. The predicted octanol–water partition coefficient (Wildman–Crippen LogP) is 1.42. The Morgan fingerprint density at radius 1 is 1.05 bits per heavy atom. The van der Waals surface area contributed by atoms with Gasteiger partial charge in [-0.05, 0) is 39.8 Å². The van der Waals surface area contributed by atoms with Gasteiger partial charge in [0, 0.05) is 5.56 Å². The first-order valence-corrected chi connectivity index (χ1v) is 7.10. The standard InChI is InChI=1S/C8H4Cl2O4.C6H15N/c9-5-1-3(7(11)12)4(8(13)14)2-6(5)10;1-5(2)7-6(3)4/h1-2H,(H,11,12)(H,13,14);5-7H,1-4H3. The van der Waals surface area contributed by atoms with Crippen molar-refractivity contribution < 1.29 is 25.1 Å². The minimum atomic E-state index is -1.61. The lowest BCUT2D eigenvalue weighted by atomic mass is 10.1. The van der Waals surface area contributed by atoms with E-state index in [0.29, 0.717) is 0 Å². The number of hydrogen-bond acceptors (Lipinski definition) is 3. The lowest BCUT2D eigenvalue weighted by molar-refractivity contribution is -0.709. The summed E-state index contributed by atoms with van der Waals surface area (Å²) >= 11 is 11.0. The Kier molecular flexibility index (Phi) is 8.32. The van der Waals surface area contributed by atoms with Gasteiger partial charge < -0.3 is 20.3 Å². The van der Waals surface area contributed by atoms with Gasteiger partial charge in [0.25, 0.3) is 0 Å². The molecule has 0 atom stereocenters. The van der Waals surface area contributed by atoms with E-state index in [9.17, 15) is 14.7 Å². The van der Waals surface area contributed by atoms with Gasteiger partial charge in [-0.3, -0.25) is 0 Å². The van der Waals surface area contributed by atoms with Crippen LogP contribution >= 0.6 is 23.2 Å². The van der Waals surface area contributed by atoms with E-state index < -0.39 is 23.1 Å². The predicted molar refractivity (Wildman–Crippen MR) is 79.9 cm³/mol. The Bertz CT molecular complexity index is 471. The number of carbonyl (C=O) groups excluding carboxylic acids is 1. The van der Waals surface area contributed by atoms with Crippen LogP contribution in [0.1, 0.15) is 48.4 Å². The van der Waals surface area contributed by atoms with Crippen molar-refractivity contribution in [3.8, 4) is 0 Å². The molecule has 0 amide bonds. The van der Waals surface area contributed by atoms with Crippen LogP contribution in [0.5, 0.6) is 0 Å². The van der Waals surface area contributed by atoms with Crippen molar-refractivity contribution in [3.63, 3.8) is 0 Å². The maximum atomic E-state index is 10.6. The molecule has 0 aliphatic heterocycles. The number of benzene rings is 1. The number of hydrogen-bond donors (Lipinski definition) is 2. The number of rotatable bonds is 4. The summed E-state index contributed by atoms with van der Waals surface area (Å²) in [4.78, 5) is 21.1. The molecule has 1 aromatic carbocycles. The highest BCUT2D eigenvalue weighted by Crippen LogP contribution is 2.25. The quantitative estimate of drug-likeness (QED) is 0.869. The van der Waals surface area contributed by atoms with Crippen molar-refractivity contribution in [2.75, 3.05) is 0 Å². The fraction of sp³-hybridized carbons (Fsp3) is 0.429. The van der Waals surface area contributed by atoms with E-state index in [1.165, 1.54) is 0 Å². The number of carbonyl (C=O) groups is 2. The van der Waals surface area contributed by atoms with E-state index in [1.807, 2.05) is 0 Å². The molecule has 0 aliphatic rings. The Labute approximate surface area is 133 Å². The third-order valence-corrected chi connectivity index (χ3v) is 3.00. The van der Waals surface area contributed by atoms with Crippen LogP contribution in [0.4, 0.5) is 0 Å². The first-order chi connectivity index (χ1) is 9.56. The normalized spacial score (nSPS) is 10.3. The van der Waals surface area contributed by atoms with Crippen LogP contribution < -0.4 is 10.4 Å². The topological polar surface area (TPSA) is 94.0 Å². The Balaban J connectivity index is 0.000000486. The maximum Gasteiger partial charge on any atom is 0.336 e. The molecule has 0 unspecified atom stereocenters. The van der Waals surface area contributed by atoms with Gasteiger partial charge in [0.15, 0.2) is 0 Å². The molecule has 21 heavy (non-hydrogen) atoms. The monoisotopic (exact) mass is 335 g/mol. The lowest BCUT2D eigenvalue weighted by Gasteiger charge is -2.08. The van der Waals surface area contributed by atoms with E-state index in [-0.39, 0.29) is 10.0 Å². The molecule has 0 saturated heterocycles. The zero-order valence-corrected chi connectivity index (χ0v) is 13.8. The van der Waals surface area contributed by atoms with Crippen LogP contribution in [0.3, 0.4) is 0 Å². The molecule has 5 nitrogen and oxygen atoms in total. The molecule has 7 heteroatoms. The molecule has 0 radical (unpaired) electrons. The first kappa shape index (κ1) is 19.7. The van der Waals surface area contributed by atoms with Crippen molar-refractivity contribution in [1.29, 1.82) is 0 Å². The van der Waals surface area contributed by atoms with Gasteiger partial charge in [-0.25, -0.2) is 4.79 Å².